The fourth-order valence-electron chi connectivity index (χ4n) is 2.56. The normalized spacial score (nSPS) is 15.4. The molecule has 1 N–H and O–H groups in total. The van der Waals surface area contributed by atoms with Gasteiger partial charge in [0.05, 0.1) is 16.6 Å². The number of nitrogens with zero attached hydrogens (tertiary/aromatic N) is 2. The maximum Gasteiger partial charge on any atom is 0.270 e. The molecule has 0 aliphatic heterocycles. The molecule has 120 valence electrons. The van der Waals surface area contributed by atoms with Crippen molar-refractivity contribution in [1.29, 1.82) is 5.26 Å². The van der Waals surface area contributed by atoms with E-state index in [0.717, 1.165) is 18.9 Å². The minimum Gasteiger partial charge on any atom is -0.483 e. The Hall–Kier alpha value is -2.95. The number of nitro groups is 1. The van der Waals surface area contributed by atoms with Crippen LogP contribution in [-0.2, 0) is 4.79 Å². The second kappa shape index (κ2) is 6.87. The number of benzene rings is 1. The molecule has 0 bridgehead atoms. The van der Waals surface area contributed by atoms with Crippen LogP contribution in [0, 0.1) is 21.4 Å². The predicted molar refractivity (Wildman–Crippen MR) is 78.9 cm³/mol. The average Bonchev–Trinajstić information content (AvgIpc) is 3.01. The smallest absolute Gasteiger partial charge is 0.270 e. The lowest BCUT2D eigenvalue weighted by Gasteiger charge is -2.22. The summed E-state index contributed by atoms with van der Waals surface area (Å²) in [6.07, 6.45) is 3.39. The molecule has 1 aliphatic carbocycles. The number of nitro benzene ring substituents is 1. The Morgan fingerprint density at radius 1 is 1.48 bits per heavy atom. The number of non-ortho nitro benzene ring substituents is 1. The Balaban J connectivity index is 2.00. The molecule has 1 aliphatic rings. The Kier molecular flexibility index (Phi) is 4.91. The molecule has 0 unspecified atom stereocenters. The molecule has 0 spiro atoms. The van der Waals surface area contributed by atoms with Gasteiger partial charge in [-0.3, -0.25) is 19.7 Å². The van der Waals surface area contributed by atoms with E-state index in [1.54, 1.807) is 0 Å². The van der Waals surface area contributed by atoms with E-state index in [-0.39, 0.29) is 23.6 Å². The van der Waals surface area contributed by atoms with Crippen molar-refractivity contribution >= 4 is 17.9 Å². The lowest BCUT2D eigenvalue weighted by atomic mass is 10.00. The van der Waals surface area contributed by atoms with Gasteiger partial charge < -0.3 is 10.1 Å². The average molecular weight is 317 g/mol. The van der Waals surface area contributed by atoms with E-state index in [4.69, 9.17) is 4.74 Å². The zero-order valence-corrected chi connectivity index (χ0v) is 12.3. The van der Waals surface area contributed by atoms with Crippen LogP contribution in [0.3, 0.4) is 0 Å². The standard InChI is InChI=1S/C15H15N3O5/c16-10-15(5-1-2-6-15)17-14(20)9-23-13-4-3-12(18(21)22)7-11(13)8-19/h3-4,7-8H,1-2,5-6,9H2,(H,17,20). The van der Waals surface area contributed by atoms with Crippen LogP contribution in [0.5, 0.6) is 5.75 Å². The van der Waals surface area contributed by atoms with E-state index in [2.05, 4.69) is 11.4 Å². The summed E-state index contributed by atoms with van der Waals surface area (Å²) < 4.78 is 5.25. The van der Waals surface area contributed by atoms with E-state index in [1.165, 1.54) is 12.1 Å². The van der Waals surface area contributed by atoms with Crippen LogP contribution in [0.2, 0.25) is 0 Å². The molecule has 0 heterocycles. The van der Waals surface area contributed by atoms with Crippen molar-refractivity contribution in [3.05, 3.63) is 33.9 Å². The number of ether oxygens (including phenoxy) is 1. The molecule has 1 aromatic rings. The first-order chi connectivity index (χ1) is 11.0. The number of nitrogens with one attached hydrogen (secondary N) is 1. The summed E-state index contributed by atoms with van der Waals surface area (Å²) in [6.45, 7) is -0.373. The van der Waals surface area contributed by atoms with Crippen LogP contribution in [-0.4, -0.2) is 29.3 Å². The van der Waals surface area contributed by atoms with Gasteiger partial charge >= 0.3 is 0 Å². The van der Waals surface area contributed by atoms with Crippen molar-refractivity contribution in [3.63, 3.8) is 0 Å². The minimum absolute atomic E-state index is 0.0112. The van der Waals surface area contributed by atoms with Crippen molar-refractivity contribution in [2.24, 2.45) is 0 Å². The summed E-state index contributed by atoms with van der Waals surface area (Å²) >= 11 is 0. The fraction of sp³-hybridized carbons (Fsp3) is 0.400. The van der Waals surface area contributed by atoms with Crippen molar-refractivity contribution in [2.45, 2.75) is 31.2 Å². The van der Waals surface area contributed by atoms with Crippen molar-refractivity contribution in [1.82, 2.24) is 5.32 Å². The maximum atomic E-state index is 11.9. The van der Waals surface area contributed by atoms with Crippen LogP contribution in [0.4, 0.5) is 5.69 Å². The van der Waals surface area contributed by atoms with Crippen molar-refractivity contribution < 1.29 is 19.2 Å². The van der Waals surface area contributed by atoms with E-state index in [1.807, 2.05) is 0 Å². The molecule has 2 rings (SSSR count). The second-order valence-corrected chi connectivity index (χ2v) is 5.33. The molecule has 1 aromatic carbocycles. The first-order valence-corrected chi connectivity index (χ1v) is 7.08. The maximum absolute atomic E-state index is 11.9. The Labute approximate surface area is 132 Å². The highest BCUT2D eigenvalue weighted by molar-refractivity contribution is 5.82. The van der Waals surface area contributed by atoms with Gasteiger partial charge in [-0.25, -0.2) is 0 Å². The number of carbonyl (C=O) groups excluding carboxylic acids is 2. The highest BCUT2D eigenvalue weighted by Gasteiger charge is 2.35. The molecule has 1 amide bonds. The van der Waals surface area contributed by atoms with Gasteiger partial charge in [-0.05, 0) is 31.7 Å². The third-order valence-electron chi connectivity index (χ3n) is 3.74. The zero-order valence-electron chi connectivity index (χ0n) is 12.3. The number of aldehydes is 1. The second-order valence-electron chi connectivity index (χ2n) is 5.33. The molecule has 0 radical (unpaired) electrons. The van der Waals surface area contributed by atoms with Crippen LogP contribution in [0.15, 0.2) is 18.2 Å². The fourth-order valence-corrected chi connectivity index (χ4v) is 2.56. The third kappa shape index (κ3) is 3.83. The van der Waals surface area contributed by atoms with Gasteiger partial charge in [0.2, 0.25) is 0 Å². The molecular formula is C15H15N3O5. The van der Waals surface area contributed by atoms with E-state index < -0.39 is 16.4 Å². The first kappa shape index (κ1) is 16.4. The molecule has 8 nitrogen and oxygen atoms in total. The minimum atomic E-state index is -0.844. The van der Waals surface area contributed by atoms with Gasteiger partial charge in [-0.2, -0.15) is 5.26 Å². The van der Waals surface area contributed by atoms with Gasteiger partial charge in [0, 0.05) is 12.1 Å². The molecular weight excluding hydrogens is 302 g/mol. The summed E-state index contributed by atoms with van der Waals surface area (Å²) in [5.74, 6) is -0.387. The van der Waals surface area contributed by atoms with E-state index >= 15 is 0 Å². The third-order valence-corrected chi connectivity index (χ3v) is 3.74. The van der Waals surface area contributed by atoms with Gasteiger partial charge in [0.25, 0.3) is 11.6 Å². The van der Waals surface area contributed by atoms with Gasteiger partial charge in [0.15, 0.2) is 12.9 Å². The summed E-state index contributed by atoms with van der Waals surface area (Å²) in [7, 11) is 0. The summed E-state index contributed by atoms with van der Waals surface area (Å²) in [5, 5.41) is 22.5. The molecule has 1 fully saturated rings. The topological polar surface area (TPSA) is 122 Å². The molecule has 1 saturated carbocycles. The molecule has 23 heavy (non-hydrogen) atoms. The van der Waals surface area contributed by atoms with Crippen molar-refractivity contribution in [3.8, 4) is 11.8 Å². The number of nitriles is 1. The number of hydrogen-bond donors (Lipinski definition) is 1. The van der Waals surface area contributed by atoms with Crippen molar-refractivity contribution in [2.75, 3.05) is 6.61 Å². The Morgan fingerprint density at radius 2 is 2.17 bits per heavy atom. The lowest BCUT2D eigenvalue weighted by molar-refractivity contribution is -0.384. The highest BCUT2D eigenvalue weighted by atomic mass is 16.6. The van der Waals surface area contributed by atoms with E-state index in [9.17, 15) is 25.0 Å². The largest absolute Gasteiger partial charge is 0.483 e. The summed E-state index contributed by atoms with van der Waals surface area (Å²) in [6, 6.07) is 5.66. The molecule has 0 atom stereocenters. The first-order valence-electron chi connectivity index (χ1n) is 7.08. The zero-order chi connectivity index (χ0) is 16.9. The SMILES string of the molecule is N#CC1(NC(=O)COc2ccc([N+](=O)[O-])cc2C=O)CCCC1. The van der Waals surface area contributed by atoms with Crippen LogP contribution < -0.4 is 10.1 Å². The number of rotatable bonds is 6. The van der Waals surface area contributed by atoms with Gasteiger partial charge in [0.1, 0.15) is 11.3 Å². The summed E-state index contributed by atoms with van der Waals surface area (Å²) in [5.41, 5.74) is -1.09. The Bertz CT molecular complexity index is 674. The predicted octanol–water partition coefficient (Wildman–Crippen LogP) is 1.74. The molecule has 0 saturated heterocycles. The lowest BCUT2D eigenvalue weighted by Crippen LogP contribution is -2.47. The molecule has 8 heteroatoms. The molecule has 0 aromatic heterocycles. The van der Waals surface area contributed by atoms with Gasteiger partial charge in [-0.15, -0.1) is 0 Å². The number of amides is 1. The number of carbonyl (C=O) groups is 2. The quantitative estimate of drug-likeness (QED) is 0.484. The van der Waals surface area contributed by atoms with E-state index in [0.29, 0.717) is 19.1 Å². The van der Waals surface area contributed by atoms with Gasteiger partial charge in [-0.1, -0.05) is 0 Å². The monoisotopic (exact) mass is 317 g/mol. The number of hydrogen-bond acceptors (Lipinski definition) is 6. The summed E-state index contributed by atoms with van der Waals surface area (Å²) in [4.78, 5) is 32.9. The Morgan fingerprint density at radius 3 is 2.74 bits per heavy atom. The highest BCUT2D eigenvalue weighted by Crippen LogP contribution is 2.29. The van der Waals surface area contributed by atoms with Crippen LogP contribution in [0.25, 0.3) is 0 Å². The van der Waals surface area contributed by atoms with Crippen LogP contribution >= 0.6 is 0 Å². The van der Waals surface area contributed by atoms with Crippen LogP contribution in [0.1, 0.15) is 36.0 Å².